The van der Waals surface area contributed by atoms with Gasteiger partial charge in [0.15, 0.2) is 6.61 Å². The number of carbonyl (C=O) groups excluding carboxylic acids is 1. The first kappa shape index (κ1) is 21.5. The zero-order valence-corrected chi connectivity index (χ0v) is 18.6. The third-order valence-electron chi connectivity index (χ3n) is 5.70. The number of ether oxygens (including phenoxy) is 1. The number of carbonyl (C=O) groups is 1. The fourth-order valence-corrected chi connectivity index (χ4v) is 4.00. The molecule has 4 aromatic carbocycles. The van der Waals surface area contributed by atoms with Gasteiger partial charge in [-0.1, -0.05) is 60.7 Å². The van der Waals surface area contributed by atoms with Gasteiger partial charge in [-0.25, -0.2) is 0 Å². The quantitative estimate of drug-likeness (QED) is 0.360. The molecule has 5 rings (SSSR count). The van der Waals surface area contributed by atoms with Gasteiger partial charge in [-0.15, -0.1) is 0 Å². The molecular weight excluding hydrogens is 422 g/mol. The Kier molecular flexibility index (Phi) is 6.34. The van der Waals surface area contributed by atoms with Crippen LogP contribution in [-0.2, 0) is 4.79 Å². The van der Waals surface area contributed by atoms with Gasteiger partial charge in [-0.2, -0.15) is 0 Å². The van der Waals surface area contributed by atoms with Crippen molar-refractivity contribution >= 4 is 28.7 Å². The highest BCUT2D eigenvalue weighted by Gasteiger charge is 2.21. The second kappa shape index (κ2) is 10.0. The Bertz CT molecular complexity index is 1290. The average molecular weight is 448 g/mol. The minimum absolute atomic E-state index is 0.0530. The molecule has 0 saturated heterocycles. The van der Waals surface area contributed by atoms with E-state index in [0.717, 1.165) is 34.8 Å². The van der Waals surface area contributed by atoms with Gasteiger partial charge >= 0.3 is 0 Å². The summed E-state index contributed by atoms with van der Waals surface area (Å²) < 4.78 is 5.69. The third kappa shape index (κ3) is 5.15. The zero-order chi connectivity index (χ0) is 23.2. The molecule has 0 bridgehead atoms. The van der Waals surface area contributed by atoms with Gasteiger partial charge in [-0.3, -0.25) is 9.79 Å². The summed E-state index contributed by atoms with van der Waals surface area (Å²) in [4.78, 5) is 17.1. The van der Waals surface area contributed by atoms with E-state index in [1.165, 1.54) is 5.56 Å². The molecule has 1 unspecified atom stereocenters. The van der Waals surface area contributed by atoms with Crippen LogP contribution in [0.15, 0.2) is 114 Å². The molecule has 34 heavy (non-hydrogen) atoms. The van der Waals surface area contributed by atoms with Crippen LogP contribution in [0.25, 0.3) is 0 Å². The predicted octanol–water partition coefficient (Wildman–Crippen LogP) is 6.38. The number of amides is 1. The highest BCUT2D eigenvalue weighted by Crippen LogP contribution is 2.35. The largest absolute Gasteiger partial charge is 0.484 e. The molecule has 168 valence electrons. The van der Waals surface area contributed by atoms with Gasteiger partial charge in [-0.05, 0) is 59.7 Å². The Labute approximate surface area is 199 Å². The van der Waals surface area contributed by atoms with Crippen LogP contribution in [0.3, 0.4) is 0 Å². The number of rotatable bonds is 6. The Balaban J connectivity index is 1.31. The molecule has 1 amide bonds. The summed E-state index contributed by atoms with van der Waals surface area (Å²) in [5, 5.41) is 6.48. The summed E-state index contributed by atoms with van der Waals surface area (Å²) in [5.74, 6) is 0.441. The maximum absolute atomic E-state index is 12.2. The number of benzene rings is 4. The van der Waals surface area contributed by atoms with E-state index in [9.17, 15) is 4.79 Å². The molecule has 5 heteroatoms. The van der Waals surface area contributed by atoms with Gasteiger partial charge in [0.05, 0.1) is 23.1 Å². The smallest absolute Gasteiger partial charge is 0.262 e. The van der Waals surface area contributed by atoms with E-state index in [0.29, 0.717) is 5.75 Å². The molecule has 1 atom stereocenters. The molecule has 0 fully saturated rings. The molecule has 0 spiro atoms. The second-order valence-corrected chi connectivity index (χ2v) is 8.11. The minimum Gasteiger partial charge on any atom is -0.484 e. The molecule has 1 heterocycles. The number of hydrogen-bond acceptors (Lipinski definition) is 4. The third-order valence-corrected chi connectivity index (χ3v) is 5.70. The predicted molar refractivity (Wildman–Crippen MR) is 137 cm³/mol. The average Bonchev–Trinajstić information content (AvgIpc) is 3.09. The van der Waals surface area contributed by atoms with Crippen molar-refractivity contribution in [3.05, 3.63) is 120 Å². The van der Waals surface area contributed by atoms with Crippen LogP contribution >= 0.6 is 0 Å². The first-order valence-electron chi connectivity index (χ1n) is 11.3. The van der Waals surface area contributed by atoms with Crippen molar-refractivity contribution in [1.29, 1.82) is 0 Å². The number of nitrogens with zero attached hydrogens (tertiary/aromatic N) is 1. The van der Waals surface area contributed by atoms with Crippen molar-refractivity contribution in [2.24, 2.45) is 4.99 Å². The molecular formula is C29H25N3O2. The summed E-state index contributed by atoms with van der Waals surface area (Å²) >= 11 is 0. The number of anilines is 2. The summed E-state index contributed by atoms with van der Waals surface area (Å²) in [7, 11) is 0. The normalized spacial score (nSPS) is 14.7. The molecule has 2 N–H and O–H groups in total. The van der Waals surface area contributed by atoms with E-state index in [4.69, 9.17) is 9.73 Å². The molecule has 0 saturated carbocycles. The molecule has 1 aliphatic rings. The lowest BCUT2D eigenvalue weighted by Crippen LogP contribution is -2.20. The molecule has 0 aromatic heterocycles. The lowest BCUT2D eigenvalue weighted by molar-refractivity contribution is -0.118. The topological polar surface area (TPSA) is 62.7 Å². The lowest BCUT2D eigenvalue weighted by atomic mass is 9.97. The maximum Gasteiger partial charge on any atom is 0.262 e. The second-order valence-electron chi connectivity index (χ2n) is 8.11. The summed E-state index contributed by atoms with van der Waals surface area (Å²) in [6.45, 7) is -0.0530. The van der Waals surface area contributed by atoms with Crippen LogP contribution in [-0.4, -0.2) is 18.2 Å². The number of para-hydroxylation sites is 3. The van der Waals surface area contributed by atoms with E-state index in [-0.39, 0.29) is 18.6 Å². The molecule has 5 nitrogen and oxygen atoms in total. The number of aliphatic imine (C=N–C) groups is 1. The van der Waals surface area contributed by atoms with Crippen molar-refractivity contribution in [2.75, 3.05) is 17.2 Å². The zero-order valence-electron chi connectivity index (χ0n) is 18.6. The summed E-state index contributed by atoms with van der Waals surface area (Å²) in [5.41, 5.74) is 5.95. The van der Waals surface area contributed by atoms with Gasteiger partial charge in [0.25, 0.3) is 5.91 Å². The van der Waals surface area contributed by atoms with Crippen molar-refractivity contribution in [2.45, 2.75) is 12.5 Å². The highest BCUT2D eigenvalue weighted by atomic mass is 16.5. The van der Waals surface area contributed by atoms with Crippen molar-refractivity contribution in [3.63, 3.8) is 0 Å². The number of hydrogen-bond donors (Lipinski definition) is 2. The van der Waals surface area contributed by atoms with Crippen LogP contribution in [0.4, 0.5) is 17.1 Å². The molecule has 4 aromatic rings. The van der Waals surface area contributed by atoms with Gasteiger partial charge in [0, 0.05) is 12.1 Å². The first-order valence-corrected chi connectivity index (χ1v) is 11.3. The monoisotopic (exact) mass is 447 g/mol. The fraction of sp³-hybridized carbons (Fsp3) is 0.103. The first-order chi connectivity index (χ1) is 16.7. The van der Waals surface area contributed by atoms with E-state index in [2.05, 4.69) is 41.0 Å². The van der Waals surface area contributed by atoms with Crippen molar-refractivity contribution in [3.8, 4) is 5.75 Å². The van der Waals surface area contributed by atoms with Crippen LogP contribution < -0.4 is 15.4 Å². The number of nitrogens with one attached hydrogen (secondary N) is 2. The van der Waals surface area contributed by atoms with Gasteiger partial charge < -0.3 is 15.4 Å². The Morgan fingerprint density at radius 1 is 0.853 bits per heavy atom. The van der Waals surface area contributed by atoms with Crippen LogP contribution in [0, 0.1) is 0 Å². The van der Waals surface area contributed by atoms with Crippen molar-refractivity contribution in [1.82, 2.24) is 0 Å². The van der Waals surface area contributed by atoms with E-state index < -0.39 is 0 Å². The van der Waals surface area contributed by atoms with Gasteiger partial charge in [0.1, 0.15) is 5.75 Å². The SMILES string of the molecule is O=C(COc1ccc(C2=Nc3ccccc3NC(c3ccccc3)C2)cc1)Nc1ccccc1. The molecule has 0 radical (unpaired) electrons. The molecule has 1 aliphatic heterocycles. The summed E-state index contributed by atoms with van der Waals surface area (Å²) in [6.07, 6.45) is 0.748. The fourth-order valence-electron chi connectivity index (χ4n) is 4.00. The van der Waals surface area contributed by atoms with E-state index in [1.807, 2.05) is 78.9 Å². The Morgan fingerprint density at radius 3 is 2.29 bits per heavy atom. The highest BCUT2D eigenvalue weighted by molar-refractivity contribution is 6.04. The lowest BCUT2D eigenvalue weighted by Gasteiger charge is -2.19. The Morgan fingerprint density at radius 2 is 1.53 bits per heavy atom. The maximum atomic E-state index is 12.2. The van der Waals surface area contributed by atoms with Crippen LogP contribution in [0.5, 0.6) is 5.75 Å². The standard InChI is InChI=1S/C29H25N3O2/c33-29(30-23-11-5-2-6-12-23)20-34-24-17-15-22(16-18-24)28-19-27(21-9-3-1-4-10-21)31-25-13-7-8-14-26(25)32-28/h1-18,27,31H,19-20H2,(H,30,33). The Hall–Kier alpha value is -4.38. The van der Waals surface area contributed by atoms with Crippen LogP contribution in [0.2, 0.25) is 0 Å². The summed E-state index contributed by atoms with van der Waals surface area (Å²) in [6, 6.07) is 35.8. The minimum atomic E-state index is -0.197. The van der Waals surface area contributed by atoms with E-state index >= 15 is 0 Å². The van der Waals surface area contributed by atoms with Gasteiger partial charge in [0.2, 0.25) is 0 Å². The van der Waals surface area contributed by atoms with E-state index in [1.54, 1.807) is 0 Å². The van der Waals surface area contributed by atoms with Crippen molar-refractivity contribution < 1.29 is 9.53 Å². The number of fused-ring (bicyclic) bond motifs is 1. The molecule has 0 aliphatic carbocycles. The van der Waals surface area contributed by atoms with Crippen LogP contribution in [0.1, 0.15) is 23.6 Å².